The van der Waals surface area contributed by atoms with Crippen molar-refractivity contribution in [2.75, 3.05) is 0 Å². The van der Waals surface area contributed by atoms with Crippen LogP contribution in [0.4, 0.5) is 0 Å². The number of imidazole rings is 2. The molecule has 0 saturated heterocycles. The lowest BCUT2D eigenvalue weighted by molar-refractivity contribution is 0.905. The third-order valence-electron chi connectivity index (χ3n) is 4.47. The summed E-state index contributed by atoms with van der Waals surface area (Å²) in [5, 5.41) is 8.86. The van der Waals surface area contributed by atoms with E-state index in [1.54, 1.807) is 22.7 Å². The molecule has 0 radical (unpaired) electrons. The fraction of sp³-hybridized carbons (Fsp3) is 0.300. The van der Waals surface area contributed by atoms with Crippen LogP contribution in [0.2, 0.25) is 0 Å². The van der Waals surface area contributed by atoms with Gasteiger partial charge in [-0.3, -0.25) is 4.57 Å². The van der Waals surface area contributed by atoms with Gasteiger partial charge in [0.2, 0.25) is 0 Å². The van der Waals surface area contributed by atoms with Gasteiger partial charge in [0.1, 0.15) is 12.7 Å². The predicted octanol–water partition coefficient (Wildman–Crippen LogP) is 5.75. The molecule has 0 aromatic carbocycles. The molecule has 0 aliphatic carbocycles. The molecule has 0 saturated carbocycles. The van der Waals surface area contributed by atoms with Crippen molar-refractivity contribution in [1.82, 2.24) is 19.1 Å². The van der Waals surface area contributed by atoms with E-state index in [9.17, 15) is 0 Å². The van der Waals surface area contributed by atoms with Crippen molar-refractivity contribution in [1.29, 1.82) is 0 Å². The van der Waals surface area contributed by atoms with Crippen molar-refractivity contribution in [3.63, 3.8) is 0 Å². The molecule has 0 unspecified atom stereocenters. The Morgan fingerprint density at radius 3 is 2.38 bits per heavy atom. The van der Waals surface area contributed by atoms with Gasteiger partial charge in [0, 0.05) is 22.5 Å². The molecule has 6 heteroatoms. The monoisotopic (exact) mass is 382 g/mol. The lowest BCUT2D eigenvalue weighted by atomic mass is 10.1. The largest absolute Gasteiger partial charge is 0.303 e. The van der Waals surface area contributed by atoms with Crippen LogP contribution in [0, 0.1) is 0 Å². The Morgan fingerprint density at radius 2 is 1.54 bits per heavy atom. The zero-order valence-corrected chi connectivity index (χ0v) is 16.7. The fourth-order valence-electron chi connectivity index (χ4n) is 3.18. The number of nitrogens with zero attached hydrogens (tertiary/aromatic N) is 4. The zero-order chi connectivity index (χ0) is 17.9. The van der Waals surface area contributed by atoms with Gasteiger partial charge in [0.25, 0.3) is 0 Å². The Labute approximate surface area is 161 Å². The Balaban J connectivity index is 1.62. The number of aryl methyl sites for hydroxylation is 2. The first kappa shape index (κ1) is 17.2. The quantitative estimate of drug-likeness (QED) is 0.408. The molecule has 4 aromatic rings. The molecule has 4 nitrogen and oxygen atoms in total. The minimum absolute atomic E-state index is 0.893. The van der Waals surface area contributed by atoms with E-state index in [1.165, 1.54) is 22.4 Å². The van der Waals surface area contributed by atoms with Gasteiger partial charge in [-0.15, -0.1) is 11.3 Å². The molecule has 4 heterocycles. The number of hydrogen-bond donors (Lipinski definition) is 0. The lowest BCUT2D eigenvalue weighted by Crippen LogP contribution is -1.94. The van der Waals surface area contributed by atoms with Crippen molar-refractivity contribution < 1.29 is 0 Å². The molecule has 134 valence electrons. The maximum absolute atomic E-state index is 4.62. The molecule has 0 aliphatic heterocycles. The summed E-state index contributed by atoms with van der Waals surface area (Å²) in [4.78, 5) is 9.21. The molecule has 0 spiro atoms. The van der Waals surface area contributed by atoms with Crippen LogP contribution in [0.15, 0.2) is 46.6 Å². The van der Waals surface area contributed by atoms with Gasteiger partial charge < -0.3 is 4.57 Å². The summed E-state index contributed by atoms with van der Waals surface area (Å²) in [6.07, 6.45) is 12.4. The molecule has 0 amide bonds. The van der Waals surface area contributed by atoms with Gasteiger partial charge in [-0.2, -0.15) is 11.3 Å². The van der Waals surface area contributed by atoms with Crippen LogP contribution < -0.4 is 0 Å². The zero-order valence-electron chi connectivity index (χ0n) is 15.1. The molecule has 0 bridgehead atoms. The third-order valence-corrected chi connectivity index (χ3v) is 6.04. The third kappa shape index (κ3) is 3.27. The van der Waals surface area contributed by atoms with Crippen LogP contribution in [0.3, 0.4) is 0 Å². The average Bonchev–Trinajstić information content (AvgIpc) is 3.41. The molecule has 0 aliphatic rings. The first-order chi connectivity index (χ1) is 12.8. The summed E-state index contributed by atoms with van der Waals surface area (Å²) >= 11 is 3.49. The average molecular weight is 383 g/mol. The molecular weight excluding hydrogens is 360 g/mol. The maximum Gasteiger partial charge on any atom is 0.156 e. The van der Waals surface area contributed by atoms with E-state index in [0.29, 0.717) is 0 Å². The van der Waals surface area contributed by atoms with E-state index in [2.05, 4.69) is 62.3 Å². The van der Waals surface area contributed by atoms with Crippen LogP contribution in [0.5, 0.6) is 0 Å². The fourth-order valence-corrected chi connectivity index (χ4v) is 4.93. The standard InChI is InChI=1S/C20H22N4S2/c1-3-5-15-9-25-11-17(15)18-7-24(13-21-18)20-8-23(14-22-20)19-12-26-10-16(19)6-4-2/h7-14H,3-6H2,1-2H3. The van der Waals surface area contributed by atoms with E-state index in [4.69, 9.17) is 0 Å². The number of hydrogen-bond acceptors (Lipinski definition) is 4. The molecule has 0 N–H and O–H groups in total. The topological polar surface area (TPSA) is 35.6 Å². The smallest absolute Gasteiger partial charge is 0.156 e. The van der Waals surface area contributed by atoms with E-state index >= 15 is 0 Å². The Morgan fingerprint density at radius 1 is 0.808 bits per heavy atom. The molecule has 0 atom stereocenters. The molecule has 26 heavy (non-hydrogen) atoms. The van der Waals surface area contributed by atoms with Crippen LogP contribution in [-0.4, -0.2) is 19.1 Å². The highest BCUT2D eigenvalue weighted by Crippen LogP contribution is 2.28. The summed E-state index contributed by atoms with van der Waals surface area (Å²) < 4.78 is 4.12. The summed E-state index contributed by atoms with van der Waals surface area (Å²) in [5.41, 5.74) is 6.27. The van der Waals surface area contributed by atoms with Crippen molar-refractivity contribution in [2.45, 2.75) is 39.5 Å². The molecule has 0 fully saturated rings. The van der Waals surface area contributed by atoms with Gasteiger partial charge in [-0.25, -0.2) is 9.97 Å². The summed E-state index contributed by atoms with van der Waals surface area (Å²) in [7, 11) is 0. The summed E-state index contributed by atoms with van der Waals surface area (Å²) in [6, 6.07) is 0. The van der Waals surface area contributed by atoms with Crippen molar-refractivity contribution in [3.8, 4) is 22.8 Å². The summed E-state index contributed by atoms with van der Waals surface area (Å²) in [5.74, 6) is 0.893. The van der Waals surface area contributed by atoms with Gasteiger partial charge in [0.15, 0.2) is 5.82 Å². The highest BCUT2D eigenvalue weighted by molar-refractivity contribution is 7.08. The van der Waals surface area contributed by atoms with Crippen molar-refractivity contribution in [3.05, 3.63) is 57.7 Å². The highest BCUT2D eigenvalue weighted by Gasteiger charge is 2.12. The Kier molecular flexibility index (Phi) is 5.04. The minimum Gasteiger partial charge on any atom is -0.303 e. The summed E-state index contributed by atoms with van der Waals surface area (Å²) in [6.45, 7) is 4.43. The van der Waals surface area contributed by atoms with Crippen molar-refractivity contribution >= 4 is 22.7 Å². The maximum atomic E-state index is 4.62. The van der Waals surface area contributed by atoms with E-state index in [0.717, 1.165) is 37.2 Å². The second-order valence-corrected chi connectivity index (χ2v) is 7.89. The Bertz CT molecular complexity index is 908. The van der Waals surface area contributed by atoms with Gasteiger partial charge in [0.05, 0.1) is 17.6 Å². The van der Waals surface area contributed by atoms with E-state index in [1.807, 2.05) is 17.2 Å². The number of rotatable bonds is 7. The SMILES string of the molecule is CCCc1cscc1-c1cn(-c2cn(-c3cscc3CCC)cn2)cn1. The molecule has 4 rings (SSSR count). The van der Waals surface area contributed by atoms with Gasteiger partial charge in [-0.1, -0.05) is 26.7 Å². The van der Waals surface area contributed by atoms with Crippen LogP contribution in [-0.2, 0) is 12.8 Å². The van der Waals surface area contributed by atoms with Crippen LogP contribution in [0.25, 0.3) is 22.8 Å². The Hall–Kier alpha value is -2.18. The van der Waals surface area contributed by atoms with E-state index < -0.39 is 0 Å². The predicted molar refractivity (Wildman–Crippen MR) is 110 cm³/mol. The van der Waals surface area contributed by atoms with Crippen LogP contribution >= 0.6 is 22.7 Å². The highest BCUT2D eigenvalue weighted by atomic mass is 32.1. The second-order valence-electron chi connectivity index (χ2n) is 6.40. The lowest BCUT2D eigenvalue weighted by Gasteiger charge is -2.02. The van der Waals surface area contributed by atoms with Crippen LogP contribution in [0.1, 0.15) is 37.8 Å². The minimum atomic E-state index is 0.893. The van der Waals surface area contributed by atoms with Gasteiger partial charge in [-0.05, 0) is 34.7 Å². The normalized spacial score (nSPS) is 11.3. The van der Waals surface area contributed by atoms with Crippen molar-refractivity contribution in [2.24, 2.45) is 0 Å². The first-order valence-corrected chi connectivity index (χ1v) is 10.9. The number of aromatic nitrogens is 4. The second kappa shape index (κ2) is 7.60. The molecular formula is C20H22N4S2. The van der Waals surface area contributed by atoms with E-state index in [-0.39, 0.29) is 0 Å². The van der Waals surface area contributed by atoms with Gasteiger partial charge >= 0.3 is 0 Å². The number of thiophene rings is 2. The molecule has 4 aromatic heterocycles. The first-order valence-electron chi connectivity index (χ1n) is 8.99.